The van der Waals surface area contributed by atoms with Crippen molar-refractivity contribution in [3.63, 3.8) is 0 Å². The van der Waals surface area contributed by atoms with Crippen molar-refractivity contribution in [2.45, 2.75) is 20.0 Å². The highest BCUT2D eigenvalue weighted by molar-refractivity contribution is 5.92. The highest BCUT2D eigenvalue weighted by Crippen LogP contribution is 2.11. The first-order valence-electron chi connectivity index (χ1n) is 8.12. The summed E-state index contributed by atoms with van der Waals surface area (Å²) in [5.41, 5.74) is 1.66. The van der Waals surface area contributed by atoms with Gasteiger partial charge in [-0.2, -0.15) is 0 Å². The number of amides is 1. The van der Waals surface area contributed by atoms with Gasteiger partial charge in [-0.1, -0.05) is 24.3 Å². The molecule has 3 aromatic rings. The number of halogens is 1. The van der Waals surface area contributed by atoms with Gasteiger partial charge in [0.2, 0.25) is 0 Å². The molecule has 1 amide bonds. The Morgan fingerprint density at radius 2 is 1.96 bits per heavy atom. The van der Waals surface area contributed by atoms with Crippen LogP contribution in [0.3, 0.4) is 0 Å². The molecule has 0 unspecified atom stereocenters. The SMILES string of the molecule is Cc1nc(NCc2ccccc2F)cc(C(=O)NCc2cccnc2)n1. The fraction of sp³-hybridized carbons (Fsp3) is 0.158. The second-order valence-corrected chi connectivity index (χ2v) is 5.67. The molecule has 0 radical (unpaired) electrons. The fourth-order valence-electron chi connectivity index (χ4n) is 2.38. The standard InChI is InChI=1S/C19H18FN5O/c1-13-24-17(19(26)23-11-14-5-4-8-21-10-14)9-18(25-13)22-12-15-6-2-3-7-16(15)20/h2-10H,11-12H2,1H3,(H,23,26)(H,22,24,25). The summed E-state index contributed by atoms with van der Waals surface area (Å²) in [6, 6.07) is 11.7. The molecule has 2 N–H and O–H groups in total. The quantitative estimate of drug-likeness (QED) is 0.714. The Hall–Kier alpha value is -3.35. The number of nitrogens with one attached hydrogen (secondary N) is 2. The van der Waals surface area contributed by atoms with Gasteiger partial charge in [-0.15, -0.1) is 0 Å². The highest BCUT2D eigenvalue weighted by atomic mass is 19.1. The third-order valence-electron chi connectivity index (χ3n) is 3.66. The van der Waals surface area contributed by atoms with Gasteiger partial charge >= 0.3 is 0 Å². The normalized spacial score (nSPS) is 10.4. The van der Waals surface area contributed by atoms with Crippen molar-refractivity contribution in [3.8, 4) is 0 Å². The maximum absolute atomic E-state index is 13.7. The van der Waals surface area contributed by atoms with Gasteiger partial charge < -0.3 is 10.6 Å². The average Bonchev–Trinajstić information content (AvgIpc) is 2.66. The number of anilines is 1. The van der Waals surface area contributed by atoms with E-state index in [0.717, 1.165) is 5.56 Å². The van der Waals surface area contributed by atoms with Crippen LogP contribution in [-0.2, 0) is 13.1 Å². The van der Waals surface area contributed by atoms with Gasteiger partial charge in [0.1, 0.15) is 23.2 Å². The Balaban J connectivity index is 1.67. The maximum Gasteiger partial charge on any atom is 0.270 e. The molecule has 0 saturated heterocycles. The Bertz CT molecular complexity index is 901. The smallest absolute Gasteiger partial charge is 0.270 e. The summed E-state index contributed by atoms with van der Waals surface area (Å²) in [4.78, 5) is 24.8. The van der Waals surface area contributed by atoms with E-state index < -0.39 is 0 Å². The molecule has 7 heteroatoms. The monoisotopic (exact) mass is 351 g/mol. The first kappa shape index (κ1) is 17.5. The molecule has 1 aromatic carbocycles. The van der Waals surface area contributed by atoms with Crippen LogP contribution in [0, 0.1) is 12.7 Å². The van der Waals surface area contributed by atoms with Crippen LogP contribution in [0.1, 0.15) is 27.4 Å². The van der Waals surface area contributed by atoms with E-state index >= 15 is 0 Å². The molecular weight excluding hydrogens is 333 g/mol. The van der Waals surface area contributed by atoms with Crippen LogP contribution in [0.25, 0.3) is 0 Å². The molecular formula is C19H18FN5O. The van der Waals surface area contributed by atoms with Gasteiger partial charge in [-0.05, 0) is 24.6 Å². The largest absolute Gasteiger partial charge is 0.366 e. The Morgan fingerprint density at radius 3 is 2.73 bits per heavy atom. The molecule has 0 aliphatic rings. The Kier molecular flexibility index (Phi) is 5.48. The number of carbonyl (C=O) groups is 1. The second-order valence-electron chi connectivity index (χ2n) is 5.67. The van der Waals surface area contributed by atoms with E-state index in [1.165, 1.54) is 6.07 Å². The van der Waals surface area contributed by atoms with Gasteiger partial charge in [0, 0.05) is 37.1 Å². The second kappa shape index (κ2) is 8.15. The molecule has 0 bridgehead atoms. The van der Waals surface area contributed by atoms with Gasteiger partial charge in [-0.25, -0.2) is 14.4 Å². The summed E-state index contributed by atoms with van der Waals surface area (Å²) in [6.45, 7) is 2.32. The van der Waals surface area contributed by atoms with Crippen molar-refractivity contribution in [3.05, 3.63) is 83.3 Å². The zero-order valence-electron chi connectivity index (χ0n) is 14.2. The molecule has 0 fully saturated rings. The predicted molar refractivity (Wildman–Crippen MR) is 95.9 cm³/mol. The summed E-state index contributed by atoms with van der Waals surface area (Å²) in [7, 11) is 0. The summed E-state index contributed by atoms with van der Waals surface area (Å²) in [5.74, 6) is 0.316. The first-order chi connectivity index (χ1) is 12.6. The van der Waals surface area contributed by atoms with Crippen LogP contribution in [-0.4, -0.2) is 20.9 Å². The number of nitrogens with zero attached hydrogens (tertiary/aromatic N) is 3. The lowest BCUT2D eigenvalue weighted by Gasteiger charge is -2.10. The third kappa shape index (κ3) is 4.60. The molecule has 132 valence electrons. The molecule has 3 rings (SSSR count). The molecule has 0 spiro atoms. The van der Waals surface area contributed by atoms with Gasteiger partial charge in [0.15, 0.2) is 0 Å². The zero-order chi connectivity index (χ0) is 18.4. The van der Waals surface area contributed by atoms with Crippen molar-refractivity contribution in [1.29, 1.82) is 0 Å². The number of aryl methyl sites for hydroxylation is 1. The van der Waals surface area contributed by atoms with E-state index in [0.29, 0.717) is 23.8 Å². The van der Waals surface area contributed by atoms with E-state index in [2.05, 4.69) is 25.6 Å². The number of carbonyl (C=O) groups excluding carboxylic acids is 1. The predicted octanol–water partition coefficient (Wildman–Crippen LogP) is 2.86. The van der Waals surface area contributed by atoms with Crippen LogP contribution in [0.2, 0.25) is 0 Å². The molecule has 26 heavy (non-hydrogen) atoms. The lowest BCUT2D eigenvalue weighted by Crippen LogP contribution is -2.24. The number of hydrogen-bond donors (Lipinski definition) is 2. The van der Waals surface area contributed by atoms with Crippen molar-refractivity contribution < 1.29 is 9.18 Å². The van der Waals surface area contributed by atoms with Crippen LogP contribution in [0.15, 0.2) is 54.9 Å². The first-order valence-corrected chi connectivity index (χ1v) is 8.12. The van der Waals surface area contributed by atoms with E-state index in [4.69, 9.17) is 0 Å². The van der Waals surface area contributed by atoms with Crippen LogP contribution >= 0.6 is 0 Å². The van der Waals surface area contributed by atoms with Crippen molar-refractivity contribution >= 4 is 11.7 Å². The van der Waals surface area contributed by atoms with E-state index in [9.17, 15) is 9.18 Å². The van der Waals surface area contributed by atoms with Crippen molar-refractivity contribution in [2.24, 2.45) is 0 Å². The minimum Gasteiger partial charge on any atom is -0.366 e. The van der Waals surface area contributed by atoms with Gasteiger partial charge in [0.05, 0.1) is 0 Å². The molecule has 0 saturated carbocycles. The van der Waals surface area contributed by atoms with Crippen LogP contribution < -0.4 is 10.6 Å². The highest BCUT2D eigenvalue weighted by Gasteiger charge is 2.11. The third-order valence-corrected chi connectivity index (χ3v) is 3.66. The van der Waals surface area contributed by atoms with Gasteiger partial charge in [0.25, 0.3) is 5.91 Å². The van der Waals surface area contributed by atoms with E-state index in [1.54, 1.807) is 49.6 Å². The Morgan fingerprint density at radius 1 is 1.12 bits per heavy atom. The van der Waals surface area contributed by atoms with Crippen molar-refractivity contribution in [2.75, 3.05) is 5.32 Å². The molecule has 0 aliphatic carbocycles. The maximum atomic E-state index is 13.7. The molecule has 2 heterocycles. The summed E-state index contributed by atoms with van der Waals surface area (Å²) in [5, 5.41) is 5.83. The molecule has 6 nitrogen and oxygen atoms in total. The Labute approximate surface area is 150 Å². The number of rotatable bonds is 6. The minimum atomic E-state index is -0.312. The summed E-state index contributed by atoms with van der Waals surface area (Å²) < 4.78 is 13.7. The average molecular weight is 351 g/mol. The summed E-state index contributed by atoms with van der Waals surface area (Å²) >= 11 is 0. The fourth-order valence-corrected chi connectivity index (χ4v) is 2.38. The lowest BCUT2D eigenvalue weighted by atomic mass is 10.2. The number of hydrogen-bond acceptors (Lipinski definition) is 5. The van der Waals surface area contributed by atoms with Crippen LogP contribution in [0.4, 0.5) is 10.2 Å². The van der Waals surface area contributed by atoms with Crippen LogP contribution in [0.5, 0.6) is 0 Å². The number of benzene rings is 1. The van der Waals surface area contributed by atoms with E-state index in [-0.39, 0.29) is 24.0 Å². The number of aromatic nitrogens is 3. The van der Waals surface area contributed by atoms with E-state index in [1.807, 2.05) is 6.07 Å². The summed E-state index contributed by atoms with van der Waals surface area (Å²) in [6.07, 6.45) is 3.36. The molecule has 0 aliphatic heterocycles. The number of pyridine rings is 1. The minimum absolute atomic E-state index is 0.248. The van der Waals surface area contributed by atoms with Gasteiger partial charge in [-0.3, -0.25) is 9.78 Å². The molecule has 2 aromatic heterocycles. The molecule has 0 atom stereocenters. The van der Waals surface area contributed by atoms with Crippen molar-refractivity contribution in [1.82, 2.24) is 20.3 Å². The topological polar surface area (TPSA) is 79.8 Å². The lowest BCUT2D eigenvalue weighted by molar-refractivity contribution is 0.0945. The zero-order valence-corrected chi connectivity index (χ0v) is 14.2.